The molecule has 0 fully saturated rings. The molecule has 0 radical (unpaired) electrons. The van der Waals surface area contributed by atoms with E-state index in [1.807, 2.05) is 30.3 Å². The molecule has 2 rings (SSSR count). The van der Waals surface area contributed by atoms with Gasteiger partial charge in [0.15, 0.2) is 0 Å². The van der Waals surface area contributed by atoms with E-state index in [0.29, 0.717) is 0 Å². The lowest BCUT2D eigenvalue weighted by atomic mass is 10.0. The van der Waals surface area contributed by atoms with Crippen molar-refractivity contribution < 1.29 is 4.74 Å². The molecule has 0 aliphatic rings. The molecule has 5 heteroatoms. The number of methoxy groups -OCH3 is 1. The predicted molar refractivity (Wildman–Crippen MR) is 95.2 cm³/mol. The largest absolute Gasteiger partial charge is 0.496 e. The molecular formula is C14H10Br2ClIO. The van der Waals surface area contributed by atoms with E-state index in [-0.39, 0.29) is 5.38 Å². The van der Waals surface area contributed by atoms with Gasteiger partial charge in [-0.25, -0.2) is 0 Å². The van der Waals surface area contributed by atoms with E-state index in [2.05, 4.69) is 60.5 Å². The zero-order valence-corrected chi connectivity index (χ0v) is 16.0. The van der Waals surface area contributed by atoms with Gasteiger partial charge in [0.25, 0.3) is 0 Å². The Kier molecular flexibility index (Phi) is 5.57. The summed E-state index contributed by atoms with van der Waals surface area (Å²) in [4.78, 5) is 0. The summed E-state index contributed by atoms with van der Waals surface area (Å²) in [5.41, 5.74) is 1.98. The average molecular weight is 516 g/mol. The fourth-order valence-corrected chi connectivity index (χ4v) is 3.63. The van der Waals surface area contributed by atoms with Crippen molar-refractivity contribution >= 4 is 66.1 Å². The van der Waals surface area contributed by atoms with Crippen LogP contribution in [0.3, 0.4) is 0 Å². The zero-order chi connectivity index (χ0) is 14.0. The maximum Gasteiger partial charge on any atom is 0.123 e. The first-order chi connectivity index (χ1) is 9.02. The van der Waals surface area contributed by atoms with Gasteiger partial charge in [0.05, 0.1) is 12.5 Å². The first-order valence-corrected chi connectivity index (χ1v) is 8.55. The molecular weight excluding hydrogens is 506 g/mol. The van der Waals surface area contributed by atoms with E-state index in [9.17, 15) is 0 Å². The zero-order valence-electron chi connectivity index (χ0n) is 9.96. The van der Waals surface area contributed by atoms with Gasteiger partial charge in [-0.05, 0) is 64.6 Å². The summed E-state index contributed by atoms with van der Waals surface area (Å²) >= 11 is 15.9. The third-order valence-electron chi connectivity index (χ3n) is 2.70. The van der Waals surface area contributed by atoms with Crippen LogP contribution < -0.4 is 4.74 Å². The fourth-order valence-electron chi connectivity index (χ4n) is 1.78. The van der Waals surface area contributed by atoms with E-state index in [1.54, 1.807) is 7.11 Å². The third kappa shape index (κ3) is 3.65. The molecule has 0 bridgehead atoms. The van der Waals surface area contributed by atoms with Gasteiger partial charge in [0.1, 0.15) is 5.75 Å². The summed E-state index contributed by atoms with van der Waals surface area (Å²) in [6, 6.07) is 12.0. The van der Waals surface area contributed by atoms with Gasteiger partial charge in [-0.1, -0.05) is 31.9 Å². The molecule has 0 saturated heterocycles. The Morgan fingerprint density at radius 3 is 2.53 bits per heavy atom. The van der Waals surface area contributed by atoms with E-state index in [1.165, 1.54) is 0 Å². The Labute approximate surface area is 148 Å². The van der Waals surface area contributed by atoms with Crippen molar-refractivity contribution in [3.63, 3.8) is 0 Å². The number of hydrogen-bond acceptors (Lipinski definition) is 1. The molecule has 0 aromatic heterocycles. The molecule has 2 aromatic carbocycles. The van der Waals surface area contributed by atoms with E-state index in [4.69, 9.17) is 16.3 Å². The number of ether oxygens (including phenoxy) is 1. The highest BCUT2D eigenvalue weighted by Crippen LogP contribution is 2.39. The predicted octanol–water partition coefficient (Wildman–Crippen LogP) is 6.15. The van der Waals surface area contributed by atoms with Crippen LogP contribution in [0.2, 0.25) is 0 Å². The molecule has 0 aliphatic carbocycles. The Balaban J connectivity index is 2.51. The van der Waals surface area contributed by atoms with Crippen LogP contribution in [-0.4, -0.2) is 7.11 Å². The molecule has 0 aliphatic heterocycles. The molecule has 0 saturated carbocycles. The highest BCUT2D eigenvalue weighted by atomic mass is 127. The second-order valence-electron chi connectivity index (χ2n) is 3.91. The lowest BCUT2D eigenvalue weighted by Gasteiger charge is -2.16. The number of rotatable bonds is 3. The summed E-state index contributed by atoms with van der Waals surface area (Å²) in [5.74, 6) is 0.786. The smallest absolute Gasteiger partial charge is 0.123 e. The van der Waals surface area contributed by atoms with Gasteiger partial charge in [-0.3, -0.25) is 0 Å². The highest BCUT2D eigenvalue weighted by molar-refractivity contribution is 14.1. The van der Waals surface area contributed by atoms with Crippen LogP contribution in [-0.2, 0) is 0 Å². The van der Waals surface area contributed by atoms with Crippen molar-refractivity contribution in [2.75, 3.05) is 7.11 Å². The molecule has 0 heterocycles. The van der Waals surface area contributed by atoms with Crippen molar-refractivity contribution in [1.82, 2.24) is 0 Å². The van der Waals surface area contributed by atoms with Crippen molar-refractivity contribution in [2.45, 2.75) is 5.38 Å². The summed E-state index contributed by atoms with van der Waals surface area (Å²) < 4.78 is 8.52. The Bertz CT molecular complexity index is 604. The maximum absolute atomic E-state index is 6.63. The quantitative estimate of drug-likeness (QED) is 0.351. The van der Waals surface area contributed by atoms with Gasteiger partial charge in [-0.15, -0.1) is 11.6 Å². The van der Waals surface area contributed by atoms with Gasteiger partial charge in [0.2, 0.25) is 0 Å². The van der Waals surface area contributed by atoms with Crippen LogP contribution in [0.4, 0.5) is 0 Å². The van der Waals surface area contributed by atoms with E-state index < -0.39 is 0 Å². The topological polar surface area (TPSA) is 9.23 Å². The Morgan fingerprint density at radius 1 is 1.11 bits per heavy atom. The molecule has 0 N–H and O–H groups in total. The first kappa shape index (κ1) is 15.6. The summed E-state index contributed by atoms with van der Waals surface area (Å²) in [6.07, 6.45) is 0. The van der Waals surface area contributed by atoms with Crippen molar-refractivity contribution in [2.24, 2.45) is 0 Å². The minimum Gasteiger partial charge on any atom is -0.496 e. The second kappa shape index (κ2) is 6.78. The van der Waals surface area contributed by atoms with Crippen LogP contribution in [0, 0.1) is 3.57 Å². The monoisotopic (exact) mass is 514 g/mol. The molecule has 0 spiro atoms. The van der Waals surface area contributed by atoms with Crippen LogP contribution >= 0.6 is 66.1 Å². The molecule has 100 valence electrons. The van der Waals surface area contributed by atoms with E-state index in [0.717, 1.165) is 29.4 Å². The SMILES string of the molecule is COc1ccc(Br)cc1C(Cl)c1cc(I)ccc1Br. The maximum atomic E-state index is 6.63. The second-order valence-corrected chi connectivity index (χ2v) is 7.37. The Morgan fingerprint density at radius 2 is 1.84 bits per heavy atom. The average Bonchev–Trinajstić information content (AvgIpc) is 2.40. The summed E-state index contributed by atoms with van der Waals surface area (Å²) in [7, 11) is 1.65. The lowest BCUT2D eigenvalue weighted by molar-refractivity contribution is 0.410. The Hall–Kier alpha value is 0.220. The third-order valence-corrected chi connectivity index (χ3v) is 5.05. The molecule has 2 aromatic rings. The minimum atomic E-state index is -0.267. The molecule has 1 unspecified atom stereocenters. The molecule has 1 nitrogen and oxygen atoms in total. The normalized spacial score (nSPS) is 12.3. The van der Waals surface area contributed by atoms with E-state index >= 15 is 0 Å². The van der Waals surface area contributed by atoms with Gasteiger partial charge in [0, 0.05) is 18.1 Å². The van der Waals surface area contributed by atoms with Crippen LogP contribution in [0.25, 0.3) is 0 Å². The number of benzene rings is 2. The molecule has 1 atom stereocenters. The molecule has 19 heavy (non-hydrogen) atoms. The highest BCUT2D eigenvalue weighted by Gasteiger charge is 2.18. The number of halogens is 4. The number of hydrogen-bond donors (Lipinski definition) is 0. The minimum absolute atomic E-state index is 0.267. The summed E-state index contributed by atoms with van der Waals surface area (Å²) in [6.45, 7) is 0. The van der Waals surface area contributed by atoms with Gasteiger partial charge < -0.3 is 4.74 Å². The van der Waals surface area contributed by atoms with Gasteiger partial charge in [-0.2, -0.15) is 0 Å². The number of alkyl halides is 1. The fraction of sp³-hybridized carbons (Fsp3) is 0.143. The van der Waals surface area contributed by atoms with Crippen molar-refractivity contribution in [1.29, 1.82) is 0 Å². The van der Waals surface area contributed by atoms with Crippen molar-refractivity contribution in [3.8, 4) is 5.75 Å². The molecule has 0 amide bonds. The van der Waals surface area contributed by atoms with Crippen LogP contribution in [0.15, 0.2) is 45.3 Å². The van der Waals surface area contributed by atoms with Gasteiger partial charge >= 0.3 is 0 Å². The van der Waals surface area contributed by atoms with Crippen LogP contribution in [0.1, 0.15) is 16.5 Å². The lowest BCUT2D eigenvalue weighted by Crippen LogP contribution is -1.99. The van der Waals surface area contributed by atoms with Crippen LogP contribution in [0.5, 0.6) is 5.75 Å². The summed E-state index contributed by atoms with van der Waals surface area (Å²) in [5, 5.41) is -0.267. The standard InChI is InChI=1S/C14H10Br2ClIO/c1-19-13-5-2-8(15)6-11(13)14(17)10-7-9(18)3-4-12(10)16/h2-7,14H,1H3. The first-order valence-electron chi connectivity index (χ1n) is 5.45. The van der Waals surface area contributed by atoms with Crippen molar-refractivity contribution in [3.05, 3.63) is 60.0 Å².